The Morgan fingerprint density at radius 1 is 1.48 bits per heavy atom. The van der Waals surface area contributed by atoms with Gasteiger partial charge in [0.05, 0.1) is 17.6 Å². The van der Waals surface area contributed by atoms with Crippen LogP contribution in [0.15, 0.2) is 18.2 Å². The standard InChI is InChI=1S/C14H19FN4O2/c1-14(13(17)21)4-5-19(8-14)7-12(20)18-9-2-3-10(15)11(16)6-9/h2-3,6H,4-5,7-8,16H2,1H3,(H2,17,21)(H,18,20). The van der Waals surface area contributed by atoms with Gasteiger partial charge in [-0.3, -0.25) is 14.5 Å². The molecule has 1 aliphatic heterocycles. The molecule has 1 fully saturated rings. The van der Waals surface area contributed by atoms with E-state index in [1.54, 1.807) is 6.92 Å². The van der Waals surface area contributed by atoms with Crippen LogP contribution in [0.25, 0.3) is 0 Å². The number of benzene rings is 1. The lowest BCUT2D eigenvalue weighted by atomic mass is 9.89. The third-order valence-electron chi connectivity index (χ3n) is 3.79. The molecule has 21 heavy (non-hydrogen) atoms. The van der Waals surface area contributed by atoms with Crippen molar-refractivity contribution in [3.8, 4) is 0 Å². The molecule has 1 saturated heterocycles. The zero-order valence-corrected chi connectivity index (χ0v) is 11.9. The molecule has 1 aliphatic rings. The molecule has 1 aromatic carbocycles. The van der Waals surface area contributed by atoms with Gasteiger partial charge in [-0.25, -0.2) is 4.39 Å². The molecule has 2 amide bonds. The van der Waals surface area contributed by atoms with E-state index in [0.29, 0.717) is 25.2 Å². The van der Waals surface area contributed by atoms with Gasteiger partial charge in [0.25, 0.3) is 0 Å². The zero-order chi connectivity index (χ0) is 15.6. The number of anilines is 2. The van der Waals surface area contributed by atoms with Crippen LogP contribution in [-0.2, 0) is 9.59 Å². The summed E-state index contributed by atoms with van der Waals surface area (Å²) >= 11 is 0. The number of nitrogens with zero attached hydrogens (tertiary/aromatic N) is 1. The van der Waals surface area contributed by atoms with Gasteiger partial charge in [-0.1, -0.05) is 0 Å². The molecule has 114 valence electrons. The Morgan fingerprint density at radius 3 is 2.76 bits per heavy atom. The van der Waals surface area contributed by atoms with E-state index in [1.807, 2.05) is 4.90 Å². The normalized spacial score (nSPS) is 22.2. The van der Waals surface area contributed by atoms with Crippen molar-refractivity contribution in [3.05, 3.63) is 24.0 Å². The number of hydrogen-bond acceptors (Lipinski definition) is 4. The Labute approximate surface area is 122 Å². The summed E-state index contributed by atoms with van der Waals surface area (Å²) in [6, 6.07) is 4.01. The summed E-state index contributed by atoms with van der Waals surface area (Å²) in [5.74, 6) is -1.11. The summed E-state index contributed by atoms with van der Waals surface area (Å²) in [5, 5.41) is 2.65. The highest BCUT2D eigenvalue weighted by Gasteiger charge is 2.39. The van der Waals surface area contributed by atoms with Crippen LogP contribution in [-0.4, -0.2) is 36.3 Å². The Morgan fingerprint density at radius 2 is 2.19 bits per heavy atom. The molecule has 1 unspecified atom stereocenters. The van der Waals surface area contributed by atoms with Crippen LogP contribution in [0.1, 0.15) is 13.3 Å². The number of nitrogens with one attached hydrogen (secondary N) is 1. The van der Waals surface area contributed by atoms with Crippen LogP contribution in [0, 0.1) is 11.2 Å². The van der Waals surface area contributed by atoms with Crippen molar-refractivity contribution >= 4 is 23.2 Å². The van der Waals surface area contributed by atoms with Gasteiger partial charge in [0.2, 0.25) is 11.8 Å². The number of carbonyl (C=O) groups is 2. The van der Waals surface area contributed by atoms with Crippen LogP contribution in [0.4, 0.5) is 15.8 Å². The summed E-state index contributed by atoms with van der Waals surface area (Å²) in [5.41, 5.74) is 10.6. The zero-order valence-electron chi connectivity index (χ0n) is 11.9. The first-order chi connectivity index (χ1) is 9.80. The van der Waals surface area contributed by atoms with Crippen LogP contribution in [0.5, 0.6) is 0 Å². The molecular formula is C14H19FN4O2. The molecule has 2 rings (SSSR count). The summed E-state index contributed by atoms with van der Waals surface area (Å²) in [6.07, 6.45) is 0.638. The molecule has 1 heterocycles. The Hall–Kier alpha value is -2.15. The van der Waals surface area contributed by atoms with E-state index >= 15 is 0 Å². The van der Waals surface area contributed by atoms with E-state index in [4.69, 9.17) is 11.5 Å². The maximum Gasteiger partial charge on any atom is 0.238 e. The molecule has 6 nitrogen and oxygen atoms in total. The molecule has 5 N–H and O–H groups in total. The number of carbonyl (C=O) groups excluding carboxylic acids is 2. The average molecular weight is 294 g/mol. The number of nitrogens with two attached hydrogens (primary N) is 2. The first-order valence-electron chi connectivity index (χ1n) is 6.67. The fourth-order valence-electron chi connectivity index (χ4n) is 2.42. The van der Waals surface area contributed by atoms with E-state index in [9.17, 15) is 14.0 Å². The Balaban J connectivity index is 1.91. The minimum Gasteiger partial charge on any atom is -0.396 e. The average Bonchev–Trinajstić information content (AvgIpc) is 2.77. The number of primary amides is 1. The predicted octanol–water partition coefficient (Wildman–Crippen LogP) is 0.544. The molecule has 0 aromatic heterocycles. The smallest absolute Gasteiger partial charge is 0.238 e. The summed E-state index contributed by atoms with van der Waals surface area (Å²) < 4.78 is 13.0. The highest BCUT2D eigenvalue weighted by Crippen LogP contribution is 2.29. The second kappa shape index (κ2) is 5.69. The monoisotopic (exact) mass is 294 g/mol. The van der Waals surface area contributed by atoms with E-state index in [2.05, 4.69) is 5.32 Å². The lowest BCUT2D eigenvalue weighted by molar-refractivity contribution is -0.126. The lowest BCUT2D eigenvalue weighted by Crippen LogP contribution is -2.39. The molecule has 0 spiro atoms. The molecule has 0 bridgehead atoms. The third-order valence-corrected chi connectivity index (χ3v) is 3.79. The number of rotatable bonds is 4. The van der Waals surface area contributed by atoms with Crippen molar-refractivity contribution < 1.29 is 14.0 Å². The van der Waals surface area contributed by atoms with Gasteiger partial charge in [-0.05, 0) is 38.1 Å². The van der Waals surface area contributed by atoms with Crippen molar-refractivity contribution in [2.45, 2.75) is 13.3 Å². The topological polar surface area (TPSA) is 101 Å². The fourth-order valence-corrected chi connectivity index (χ4v) is 2.42. The molecular weight excluding hydrogens is 275 g/mol. The maximum atomic E-state index is 13.0. The van der Waals surface area contributed by atoms with Crippen LogP contribution < -0.4 is 16.8 Å². The Bertz CT molecular complexity index is 578. The minimum atomic E-state index is -0.583. The molecule has 0 aliphatic carbocycles. The quantitative estimate of drug-likeness (QED) is 0.705. The molecule has 1 aromatic rings. The van der Waals surface area contributed by atoms with Gasteiger partial charge in [0.1, 0.15) is 5.82 Å². The number of likely N-dealkylation sites (tertiary alicyclic amines) is 1. The van der Waals surface area contributed by atoms with E-state index in [-0.39, 0.29) is 24.0 Å². The second-order valence-electron chi connectivity index (χ2n) is 5.67. The fraction of sp³-hybridized carbons (Fsp3) is 0.429. The van der Waals surface area contributed by atoms with Crippen LogP contribution in [0.3, 0.4) is 0 Å². The summed E-state index contributed by atoms with van der Waals surface area (Å²) in [4.78, 5) is 25.2. The van der Waals surface area contributed by atoms with E-state index < -0.39 is 11.2 Å². The highest BCUT2D eigenvalue weighted by molar-refractivity contribution is 5.92. The first kappa shape index (κ1) is 15.2. The molecule has 0 saturated carbocycles. The number of amides is 2. The van der Waals surface area contributed by atoms with Gasteiger partial charge in [0.15, 0.2) is 0 Å². The maximum absolute atomic E-state index is 13.0. The van der Waals surface area contributed by atoms with Gasteiger partial charge in [-0.2, -0.15) is 0 Å². The SMILES string of the molecule is CC1(C(N)=O)CCN(CC(=O)Nc2ccc(F)c(N)c2)C1. The minimum absolute atomic E-state index is 0.0183. The first-order valence-corrected chi connectivity index (χ1v) is 6.67. The van der Waals surface area contributed by atoms with Crippen molar-refractivity contribution in [2.75, 3.05) is 30.7 Å². The van der Waals surface area contributed by atoms with Crippen molar-refractivity contribution in [1.82, 2.24) is 4.90 Å². The molecule has 7 heteroatoms. The van der Waals surface area contributed by atoms with Crippen LogP contribution >= 0.6 is 0 Å². The van der Waals surface area contributed by atoms with Gasteiger partial charge in [0, 0.05) is 12.2 Å². The molecule has 1 atom stereocenters. The van der Waals surface area contributed by atoms with Gasteiger partial charge >= 0.3 is 0 Å². The number of halogens is 1. The second-order valence-corrected chi connectivity index (χ2v) is 5.67. The van der Waals surface area contributed by atoms with E-state index in [1.165, 1.54) is 18.2 Å². The van der Waals surface area contributed by atoms with Crippen molar-refractivity contribution in [2.24, 2.45) is 11.1 Å². The molecule has 0 radical (unpaired) electrons. The van der Waals surface area contributed by atoms with Gasteiger partial charge in [-0.15, -0.1) is 0 Å². The lowest BCUT2D eigenvalue weighted by Gasteiger charge is -2.20. The third kappa shape index (κ3) is 3.49. The van der Waals surface area contributed by atoms with Gasteiger partial charge < -0.3 is 16.8 Å². The van der Waals surface area contributed by atoms with Crippen molar-refractivity contribution in [3.63, 3.8) is 0 Å². The summed E-state index contributed by atoms with van der Waals surface area (Å²) in [7, 11) is 0. The van der Waals surface area contributed by atoms with Crippen LogP contribution in [0.2, 0.25) is 0 Å². The number of nitrogen functional groups attached to an aromatic ring is 1. The number of hydrogen-bond donors (Lipinski definition) is 3. The largest absolute Gasteiger partial charge is 0.396 e. The summed E-state index contributed by atoms with van der Waals surface area (Å²) in [6.45, 7) is 3.05. The highest BCUT2D eigenvalue weighted by atomic mass is 19.1. The van der Waals surface area contributed by atoms with E-state index in [0.717, 1.165) is 0 Å². The Kier molecular flexibility index (Phi) is 4.13. The predicted molar refractivity (Wildman–Crippen MR) is 77.8 cm³/mol. The van der Waals surface area contributed by atoms with Crippen molar-refractivity contribution in [1.29, 1.82) is 0 Å².